The number of carbonyl (C=O) groups excluding carboxylic acids is 1. The Labute approximate surface area is 162 Å². The number of nitrogens with zero attached hydrogens (tertiary/aromatic N) is 4. The smallest absolute Gasteiger partial charge is 0.227 e. The summed E-state index contributed by atoms with van der Waals surface area (Å²) in [4.78, 5) is 16.6. The van der Waals surface area contributed by atoms with Crippen LogP contribution >= 0.6 is 11.6 Å². The number of halogens is 2. The lowest BCUT2D eigenvalue weighted by Gasteiger charge is -2.34. The zero-order chi connectivity index (χ0) is 19.4. The molecule has 1 aromatic heterocycles. The number of hydrogen-bond donors (Lipinski definition) is 0. The molecule has 144 valence electrons. The van der Waals surface area contributed by atoms with Gasteiger partial charge in [-0.2, -0.15) is 0 Å². The highest BCUT2D eigenvalue weighted by Crippen LogP contribution is 2.24. The molecule has 1 aliphatic heterocycles. The maximum absolute atomic E-state index is 13.9. The van der Waals surface area contributed by atoms with Crippen molar-refractivity contribution in [3.05, 3.63) is 46.9 Å². The van der Waals surface area contributed by atoms with Gasteiger partial charge in [0.05, 0.1) is 13.0 Å². The van der Waals surface area contributed by atoms with E-state index in [1.54, 1.807) is 30.1 Å². The molecule has 0 N–H and O–H groups in total. The van der Waals surface area contributed by atoms with E-state index < -0.39 is 5.82 Å². The second-order valence-corrected chi connectivity index (χ2v) is 7.05. The van der Waals surface area contributed by atoms with Gasteiger partial charge in [0.15, 0.2) is 22.5 Å². The van der Waals surface area contributed by atoms with Crippen LogP contribution in [0.3, 0.4) is 0 Å². The van der Waals surface area contributed by atoms with Gasteiger partial charge in [-0.15, -0.1) is 10.2 Å². The Hall–Kier alpha value is -2.41. The zero-order valence-electron chi connectivity index (χ0n) is 15.4. The number of methoxy groups -OCH3 is 1. The van der Waals surface area contributed by atoms with E-state index in [0.717, 1.165) is 30.8 Å². The molecule has 0 bridgehead atoms. The molecule has 1 amide bonds. The summed E-state index contributed by atoms with van der Waals surface area (Å²) >= 11 is 5.79. The fraction of sp³-hybridized carbons (Fsp3) is 0.421. The van der Waals surface area contributed by atoms with Crippen molar-refractivity contribution < 1.29 is 13.9 Å². The van der Waals surface area contributed by atoms with E-state index in [1.807, 2.05) is 6.07 Å². The Kier molecular flexibility index (Phi) is 6.11. The Morgan fingerprint density at radius 1 is 1.37 bits per heavy atom. The minimum absolute atomic E-state index is 0.0397. The van der Waals surface area contributed by atoms with Gasteiger partial charge in [-0.25, -0.2) is 4.39 Å². The van der Waals surface area contributed by atoms with Gasteiger partial charge in [-0.3, -0.25) is 4.79 Å². The summed E-state index contributed by atoms with van der Waals surface area (Å²) in [6.07, 6.45) is 1.71. The molecule has 2 heterocycles. The molecule has 8 heteroatoms. The SMILES string of the molecule is COc1ccc(CN(C)C(=O)C2CCCN(c3ccc(Cl)nn3)C2)cc1F. The van der Waals surface area contributed by atoms with E-state index in [4.69, 9.17) is 16.3 Å². The summed E-state index contributed by atoms with van der Waals surface area (Å²) in [5, 5.41) is 8.31. The fourth-order valence-electron chi connectivity index (χ4n) is 3.34. The third-order valence-electron chi connectivity index (χ3n) is 4.72. The highest BCUT2D eigenvalue weighted by molar-refractivity contribution is 6.29. The van der Waals surface area contributed by atoms with Gasteiger partial charge >= 0.3 is 0 Å². The Morgan fingerprint density at radius 2 is 2.19 bits per heavy atom. The fourth-order valence-corrected chi connectivity index (χ4v) is 3.44. The molecule has 1 fully saturated rings. The molecule has 0 aliphatic carbocycles. The van der Waals surface area contributed by atoms with Gasteiger partial charge in [0.25, 0.3) is 0 Å². The number of carbonyl (C=O) groups is 1. The van der Waals surface area contributed by atoms with E-state index in [9.17, 15) is 9.18 Å². The van der Waals surface area contributed by atoms with Gasteiger partial charge in [-0.1, -0.05) is 17.7 Å². The number of amides is 1. The molecule has 0 radical (unpaired) electrons. The molecule has 1 atom stereocenters. The van der Waals surface area contributed by atoms with Crippen LogP contribution < -0.4 is 9.64 Å². The first-order valence-electron chi connectivity index (χ1n) is 8.79. The minimum atomic E-state index is -0.430. The molecule has 2 aromatic rings. The minimum Gasteiger partial charge on any atom is -0.494 e. The molecular formula is C19H22ClFN4O2. The topological polar surface area (TPSA) is 58.6 Å². The number of aromatic nitrogens is 2. The molecule has 0 spiro atoms. The molecule has 1 aliphatic rings. The number of ether oxygens (including phenoxy) is 1. The summed E-state index contributed by atoms with van der Waals surface area (Å²) < 4.78 is 18.8. The average Bonchev–Trinajstić information content (AvgIpc) is 2.68. The van der Waals surface area contributed by atoms with Crippen LogP contribution in [0.2, 0.25) is 5.15 Å². The summed E-state index contributed by atoms with van der Waals surface area (Å²) in [6, 6.07) is 8.25. The predicted molar refractivity (Wildman–Crippen MR) is 101 cm³/mol. The van der Waals surface area contributed by atoms with Crippen LogP contribution in [0.5, 0.6) is 5.75 Å². The van der Waals surface area contributed by atoms with Gasteiger partial charge in [0, 0.05) is 26.7 Å². The standard InChI is InChI=1S/C19H22ClFN4O2/c1-24(11-13-5-6-16(27-2)15(21)10-13)19(26)14-4-3-9-25(12-14)18-8-7-17(20)22-23-18/h5-8,10,14H,3-4,9,11-12H2,1-2H3. The second-order valence-electron chi connectivity index (χ2n) is 6.66. The zero-order valence-corrected chi connectivity index (χ0v) is 16.1. The van der Waals surface area contributed by atoms with Crippen LogP contribution in [0.25, 0.3) is 0 Å². The summed E-state index contributed by atoms with van der Waals surface area (Å²) in [5.74, 6) is 0.389. The third-order valence-corrected chi connectivity index (χ3v) is 4.93. The normalized spacial score (nSPS) is 16.9. The molecule has 27 heavy (non-hydrogen) atoms. The van der Waals surface area contributed by atoms with Crippen LogP contribution in [0.4, 0.5) is 10.2 Å². The lowest BCUT2D eigenvalue weighted by molar-refractivity contribution is -0.135. The highest BCUT2D eigenvalue weighted by Gasteiger charge is 2.28. The number of anilines is 1. The van der Waals surface area contributed by atoms with Crippen LogP contribution in [0.1, 0.15) is 18.4 Å². The van der Waals surface area contributed by atoms with Crippen molar-refractivity contribution in [1.29, 1.82) is 0 Å². The monoisotopic (exact) mass is 392 g/mol. The summed E-state index contributed by atoms with van der Waals surface area (Å²) in [5.41, 5.74) is 0.723. The molecule has 6 nitrogen and oxygen atoms in total. The number of piperidine rings is 1. The first-order valence-corrected chi connectivity index (χ1v) is 9.17. The lowest BCUT2D eigenvalue weighted by atomic mass is 9.96. The molecule has 3 rings (SSSR count). The number of rotatable bonds is 5. The van der Waals surface area contributed by atoms with E-state index in [0.29, 0.717) is 18.2 Å². The lowest BCUT2D eigenvalue weighted by Crippen LogP contribution is -2.43. The van der Waals surface area contributed by atoms with Gasteiger partial charge in [0.1, 0.15) is 0 Å². The highest BCUT2D eigenvalue weighted by atomic mass is 35.5. The first-order chi connectivity index (χ1) is 13.0. The van der Waals surface area contributed by atoms with Crippen molar-refractivity contribution in [3.8, 4) is 5.75 Å². The predicted octanol–water partition coefficient (Wildman–Crippen LogP) is 3.15. The number of hydrogen-bond acceptors (Lipinski definition) is 5. The van der Waals surface area contributed by atoms with E-state index in [-0.39, 0.29) is 17.6 Å². The quantitative estimate of drug-likeness (QED) is 0.782. The Balaban J connectivity index is 1.63. The third kappa shape index (κ3) is 4.66. The second kappa shape index (κ2) is 8.52. The molecule has 1 unspecified atom stereocenters. The van der Waals surface area contributed by atoms with Crippen molar-refractivity contribution in [2.75, 3.05) is 32.1 Å². The Morgan fingerprint density at radius 3 is 2.85 bits per heavy atom. The van der Waals surface area contributed by atoms with Gasteiger partial charge in [0.2, 0.25) is 5.91 Å². The first kappa shape index (κ1) is 19.4. The van der Waals surface area contributed by atoms with Crippen LogP contribution in [0, 0.1) is 11.7 Å². The molecular weight excluding hydrogens is 371 g/mol. The molecule has 0 saturated carbocycles. The average molecular weight is 393 g/mol. The maximum Gasteiger partial charge on any atom is 0.227 e. The van der Waals surface area contributed by atoms with Crippen molar-refractivity contribution >= 4 is 23.3 Å². The van der Waals surface area contributed by atoms with Gasteiger partial charge < -0.3 is 14.5 Å². The van der Waals surface area contributed by atoms with Crippen LogP contribution in [0.15, 0.2) is 30.3 Å². The van der Waals surface area contributed by atoms with E-state index >= 15 is 0 Å². The summed E-state index contributed by atoms with van der Waals surface area (Å²) in [6.45, 7) is 1.75. The maximum atomic E-state index is 13.9. The van der Waals surface area contributed by atoms with E-state index in [1.165, 1.54) is 13.2 Å². The van der Waals surface area contributed by atoms with Gasteiger partial charge in [-0.05, 0) is 42.7 Å². The summed E-state index contributed by atoms with van der Waals surface area (Å²) in [7, 11) is 3.17. The van der Waals surface area contributed by atoms with Crippen molar-refractivity contribution in [2.45, 2.75) is 19.4 Å². The van der Waals surface area contributed by atoms with Crippen LogP contribution in [-0.2, 0) is 11.3 Å². The molecule has 1 saturated heterocycles. The molecule has 1 aromatic carbocycles. The van der Waals surface area contributed by atoms with Crippen molar-refractivity contribution in [2.24, 2.45) is 5.92 Å². The van der Waals surface area contributed by atoms with Crippen molar-refractivity contribution in [3.63, 3.8) is 0 Å². The number of benzene rings is 1. The Bertz CT molecular complexity index is 803. The van der Waals surface area contributed by atoms with Crippen molar-refractivity contribution in [1.82, 2.24) is 15.1 Å². The van der Waals surface area contributed by atoms with Crippen LogP contribution in [-0.4, -0.2) is 48.3 Å². The van der Waals surface area contributed by atoms with E-state index in [2.05, 4.69) is 15.1 Å². The largest absolute Gasteiger partial charge is 0.494 e.